The number of aromatic nitrogens is 1. The third-order valence-electron chi connectivity index (χ3n) is 3.74. The standard InChI is InChI=1S/C19H20IN3O3S/c1-3-23-17(24)16(27-18(23)15(11-21)19(25)26-4-2)12-22-14-7-5-13(6-8-14)9-10-20/h5-8,12,22H,3-4,9-10H2,1-2H3. The maximum Gasteiger partial charge on any atom is 0.351 e. The second-order valence-corrected chi connectivity index (χ2v) is 7.56. The molecule has 2 aromatic rings. The van der Waals surface area contributed by atoms with E-state index in [1.807, 2.05) is 30.3 Å². The van der Waals surface area contributed by atoms with Crippen molar-refractivity contribution in [2.45, 2.75) is 26.8 Å². The van der Waals surface area contributed by atoms with Crippen LogP contribution in [0.25, 0.3) is 11.8 Å². The van der Waals surface area contributed by atoms with Gasteiger partial charge in [-0.25, -0.2) is 4.79 Å². The lowest BCUT2D eigenvalue weighted by Gasteiger charge is -2.02. The molecule has 0 aliphatic rings. The summed E-state index contributed by atoms with van der Waals surface area (Å²) in [7, 11) is 0. The molecule has 2 rings (SSSR count). The first-order valence-corrected chi connectivity index (χ1v) is 10.8. The molecule has 0 atom stereocenters. The van der Waals surface area contributed by atoms with Gasteiger partial charge in [0.2, 0.25) is 0 Å². The molecule has 0 bridgehead atoms. The number of carbonyl (C=O) groups is 1. The van der Waals surface area contributed by atoms with Gasteiger partial charge < -0.3 is 10.1 Å². The van der Waals surface area contributed by atoms with E-state index in [0.717, 1.165) is 27.9 Å². The van der Waals surface area contributed by atoms with Gasteiger partial charge in [0, 0.05) is 22.9 Å². The predicted octanol–water partition coefficient (Wildman–Crippen LogP) is 1.99. The summed E-state index contributed by atoms with van der Waals surface area (Å²) in [6.45, 7) is 3.98. The fourth-order valence-corrected chi connectivity index (χ4v) is 4.10. The Balaban J connectivity index is 2.45. The zero-order valence-electron chi connectivity index (χ0n) is 15.1. The van der Waals surface area contributed by atoms with Crippen molar-refractivity contribution in [1.29, 1.82) is 5.26 Å². The highest BCUT2D eigenvalue weighted by Crippen LogP contribution is 2.10. The van der Waals surface area contributed by atoms with Gasteiger partial charge in [0.05, 0.1) is 6.61 Å². The van der Waals surface area contributed by atoms with Crippen LogP contribution in [0.5, 0.6) is 0 Å². The zero-order valence-corrected chi connectivity index (χ0v) is 18.1. The number of benzene rings is 1. The minimum Gasteiger partial charge on any atom is -0.462 e. The van der Waals surface area contributed by atoms with Gasteiger partial charge in [-0.15, -0.1) is 11.3 Å². The molecule has 0 aliphatic heterocycles. The number of carbonyl (C=O) groups excluding carboxylic acids is 1. The molecule has 0 saturated carbocycles. The molecule has 142 valence electrons. The van der Waals surface area contributed by atoms with Gasteiger partial charge in [0.1, 0.15) is 15.3 Å². The first-order valence-electron chi connectivity index (χ1n) is 8.48. The summed E-state index contributed by atoms with van der Waals surface area (Å²) in [5.41, 5.74) is 1.72. The van der Waals surface area contributed by atoms with Gasteiger partial charge in [-0.05, 0) is 38.0 Å². The molecule has 0 amide bonds. The maximum absolute atomic E-state index is 12.6. The van der Waals surface area contributed by atoms with Crippen LogP contribution in [-0.2, 0) is 22.5 Å². The Labute approximate surface area is 174 Å². The molecule has 0 radical (unpaired) electrons. The van der Waals surface area contributed by atoms with Crippen LogP contribution in [0.2, 0.25) is 0 Å². The predicted molar refractivity (Wildman–Crippen MR) is 116 cm³/mol. The lowest BCUT2D eigenvalue weighted by molar-refractivity contribution is -0.136. The highest BCUT2D eigenvalue weighted by molar-refractivity contribution is 14.1. The number of alkyl halides is 1. The van der Waals surface area contributed by atoms with Gasteiger partial charge in [-0.2, -0.15) is 5.26 Å². The van der Waals surface area contributed by atoms with Crippen LogP contribution in [0, 0.1) is 11.3 Å². The molecule has 1 heterocycles. The fourth-order valence-electron chi connectivity index (χ4n) is 2.40. The molecule has 1 aromatic carbocycles. The van der Waals surface area contributed by atoms with Crippen molar-refractivity contribution in [2.24, 2.45) is 0 Å². The van der Waals surface area contributed by atoms with Crippen molar-refractivity contribution in [3.8, 4) is 6.07 Å². The lowest BCUT2D eigenvalue weighted by Crippen LogP contribution is -2.32. The van der Waals surface area contributed by atoms with Crippen LogP contribution >= 0.6 is 33.9 Å². The van der Waals surface area contributed by atoms with E-state index in [0.29, 0.717) is 15.7 Å². The number of nitrogens with zero attached hydrogens (tertiary/aromatic N) is 2. The summed E-state index contributed by atoms with van der Waals surface area (Å²) >= 11 is 3.44. The lowest BCUT2D eigenvalue weighted by atomic mass is 10.1. The van der Waals surface area contributed by atoms with Crippen molar-refractivity contribution in [2.75, 3.05) is 16.4 Å². The summed E-state index contributed by atoms with van der Waals surface area (Å²) in [6, 6.07) is 9.86. The number of aryl methyl sites for hydroxylation is 1. The average Bonchev–Trinajstić information content (AvgIpc) is 2.97. The molecule has 0 unspecified atom stereocenters. The first kappa shape index (κ1) is 21.2. The normalized spacial score (nSPS) is 12.4. The van der Waals surface area contributed by atoms with Gasteiger partial charge in [0.25, 0.3) is 5.56 Å². The number of nitriles is 1. The number of halogens is 1. The van der Waals surface area contributed by atoms with E-state index in [9.17, 15) is 14.9 Å². The van der Waals surface area contributed by atoms with Crippen LogP contribution in [-0.4, -0.2) is 21.6 Å². The molecule has 0 spiro atoms. The number of anilines is 1. The topological polar surface area (TPSA) is 84.1 Å². The van der Waals surface area contributed by atoms with Crippen molar-refractivity contribution in [3.05, 3.63) is 49.4 Å². The monoisotopic (exact) mass is 497 g/mol. The van der Waals surface area contributed by atoms with Crippen molar-refractivity contribution in [3.63, 3.8) is 0 Å². The molecule has 0 saturated heterocycles. The number of thiazole rings is 1. The van der Waals surface area contributed by atoms with Crippen LogP contribution < -0.4 is 20.1 Å². The second-order valence-electron chi connectivity index (χ2n) is 5.45. The number of rotatable bonds is 7. The van der Waals surface area contributed by atoms with Crippen molar-refractivity contribution in [1.82, 2.24) is 4.57 Å². The van der Waals surface area contributed by atoms with Crippen LogP contribution in [0.4, 0.5) is 5.69 Å². The van der Waals surface area contributed by atoms with Crippen LogP contribution in [0.3, 0.4) is 0 Å². The molecule has 1 aromatic heterocycles. The Morgan fingerprint density at radius 2 is 2.07 bits per heavy atom. The smallest absolute Gasteiger partial charge is 0.351 e. The fraction of sp³-hybridized carbons (Fsp3) is 0.316. The Hall–Kier alpha value is -2.12. The SMILES string of the molecule is CCOC(=O)C(C#N)=c1sc(=CNc2ccc(CCI)cc2)c(=O)n1CC. The van der Waals surface area contributed by atoms with E-state index in [2.05, 4.69) is 27.9 Å². The Morgan fingerprint density at radius 3 is 2.63 bits per heavy atom. The summed E-state index contributed by atoms with van der Waals surface area (Å²) in [5.74, 6) is -0.714. The summed E-state index contributed by atoms with van der Waals surface area (Å²) in [4.78, 5) is 24.6. The summed E-state index contributed by atoms with van der Waals surface area (Å²) in [6.07, 6.45) is 2.62. The van der Waals surface area contributed by atoms with E-state index in [4.69, 9.17) is 4.74 Å². The highest BCUT2D eigenvalue weighted by Gasteiger charge is 2.16. The molecule has 0 aliphatic carbocycles. The van der Waals surface area contributed by atoms with E-state index in [-0.39, 0.29) is 17.7 Å². The Bertz CT molecular complexity index is 1020. The molecule has 1 N–H and O–H groups in total. The molecular formula is C19H20IN3O3S. The highest BCUT2D eigenvalue weighted by atomic mass is 127. The third-order valence-corrected chi connectivity index (χ3v) is 5.41. The van der Waals surface area contributed by atoms with E-state index in [1.54, 1.807) is 20.0 Å². The molecular weight excluding hydrogens is 477 g/mol. The van der Waals surface area contributed by atoms with E-state index < -0.39 is 5.97 Å². The first-order chi connectivity index (χ1) is 13.0. The van der Waals surface area contributed by atoms with Crippen molar-refractivity contribution >= 4 is 57.4 Å². The largest absolute Gasteiger partial charge is 0.462 e. The second kappa shape index (κ2) is 10.3. The molecule has 0 fully saturated rings. The number of nitrogens with one attached hydrogen (secondary N) is 1. The average molecular weight is 497 g/mol. The van der Waals surface area contributed by atoms with Gasteiger partial charge in [-0.3, -0.25) is 9.36 Å². The quantitative estimate of drug-likeness (QED) is 0.360. The Kier molecular flexibility index (Phi) is 8.06. The van der Waals surface area contributed by atoms with Gasteiger partial charge in [0.15, 0.2) is 5.57 Å². The minimum atomic E-state index is -0.714. The summed E-state index contributed by atoms with van der Waals surface area (Å²) in [5, 5.41) is 12.5. The Morgan fingerprint density at radius 1 is 1.37 bits per heavy atom. The zero-order chi connectivity index (χ0) is 19.8. The minimum absolute atomic E-state index is 0.149. The van der Waals surface area contributed by atoms with Gasteiger partial charge >= 0.3 is 5.97 Å². The number of ether oxygens (including phenoxy) is 1. The summed E-state index contributed by atoms with van der Waals surface area (Å²) < 4.78 is 8.13. The van der Waals surface area contributed by atoms with E-state index >= 15 is 0 Å². The van der Waals surface area contributed by atoms with Crippen molar-refractivity contribution < 1.29 is 9.53 Å². The van der Waals surface area contributed by atoms with Crippen LogP contribution in [0.1, 0.15) is 19.4 Å². The number of esters is 1. The molecule has 6 nitrogen and oxygen atoms in total. The molecule has 27 heavy (non-hydrogen) atoms. The maximum atomic E-state index is 12.6. The van der Waals surface area contributed by atoms with E-state index in [1.165, 1.54) is 10.1 Å². The number of hydrogen-bond acceptors (Lipinski definition) is 6. The van der Waals surface area contributed by atoms with Crippen LogP contribution in [0.15, 0.2) is 29.1 Å². The third kappa shape index (κ3) is 5.20. The number of hydrogen-bond donors (Lipinski definition) is 1. The van der Waals surface area contributed by atoms with Gasteiger partial charge in [-0.1, -0.05) is 34.7 Å². The molecule has 8 heteroatoms.